The molecule has 11 rings (SSSR count). The van der Waals surface area contributed by atoms with Gasteiger partial charge < -0.3 is 8.83 Å². The molecule has 51 heavy (non-hydrogen) atoms. The average molecular weight is 653 g/mol. The van der Waals surface area contributed by atoms with E-state index < -0.39 is 5.41 Å². The largest absolute Gasteiger partial charge is 0.445 e. The van der Waals surface area contributed by atoms with Gasteiger partial charge in [-0.2, -0.15) is 0 Å². The first-order valence-corrected chi connectivity index (χ1v) is 17.2. The molecule has 238 valence electrons. The zero-order valence-corrected chi connectivity index (χ0v) is 27.4. The molecule has 1 spiro atoms. The van der Waals surface area contributed by atoms with E-state index >= 15 is 0 Å². The number of aromatic nitrogens is 2. The summed E-state index contributed by atoms with van der Waals surface area (Å²) in [6.07, 6.45) is 6.63. The Morgan fingerprint density at radius 3 is 1.61 bits per heavy atom. The summed E-state index contributed by atoms with van der Waals surface area (Å²) in [5.74, 6) is 1.23. The summed E-state index contributed by atoms with van der Waals surface area (Å²) < 4.78 is 11.4. The van der Waals surface area contributed by atoms with Crippen molar-refractivity contribution in [2.45, 2.75) is 5.41 Å². The minimum Gasteiger partial charge on any atom is -0.445 e. The van der Waals surface area contributed by atoms with Crippen LogP contribution in [0.1, 0.15) is 22.3 Å². The van der Waals surface area contributed by atoms with Crippen molar-refractivity contribution in [1.82, 2.24) is 9.97 Å². The minimum absolute atomic E-state index is 0.521. The van der Waals surface area contributed by atoms with Crippen LogP contribution in [0.4, 0.5) is 0 Å². The van der Waals surface area contributed by atoms with Crippen molar-refractivity contribution in [2.75, 3.05) is 0 Å². The van der Waals surface area contributed by atoms with Crippen LogP contribution in [0.25, 0.3) is 78.2 Å². The lowest BCUT2D eigenvalue weighted by atomic mass is 9.69. The Morgan fingerprint density at radius 2 is 0.941 bits per heavy atom. The molecular formula is C47H28N2O2. The van der Waals surface area contributed by atoms with E-state index in [4.69, 9.17) is 8.83 Å². The molecule has 0 atom stereocenters. The van der Waals surface area contributed by atoms with Crippen LogP contribution in [0.15, 0.2) is 179 Å². The molecule has 0 N–H and O–H groups in total. The molecule has 0 saturated carbocycles. The van der Waals surface area contributed by atoms with Gasteiger partial charge in [-0.25, -0.2) is 9.97 Å². The highest BCUT2D eigenvalue weighted by molar-refractivity contribution is 6.11. The van der Waals surface area contributed by atoms with E-state index in [0.717, 1.165) is 27.8 Å². The fraction of sp³-hybridized carbons (Fsp3) is 0.0213. The van der Waals surface area contributed by atoms with Gasteiger partial charge >= 0.3 is 0 Å². The Hall–Kier alpha value is -6.78. The smallest absolute Gasteiger partial charge is 0.225 e. The lowest BCUT2D eigenvalue weighted by Gasteiger charge is -2.31. The van der Waals surface area contributed by atoms with Gasteiger partial charge in [0.25, 0.3) is 0 Å². The first-order chi connectivity index (χ1) is 25.3. The highest BCUT2D eigenvalue weighted by atomic mass is 16.3. The predicted octanol–water partition coefficient (Wildman–Crippen LogP) is 11.8. The zero-order valence-electron chi connectivity index (χ0n) is 27.4. The lowest BCUT2D eigenvalue weighted by molar-refractivity contribution is 0.574. The molecule has 2 aromatic heterocycles. The SMILES string of the molecule is c1cc(-c2ccc3c(c2)C2(c4ccccc4-c4ccccc42)c2cc(-c4cccc(-c5ncco5)c4)c4ccccc4c2-3)cc(-c2ncco2)c1. The van der Waals surface area contributed by atoms with Crippen molar-refractivity contribution in [3.63, 3.8) is 0 Å². The van der Waals surface area contributed by atoms with Crippen LogP contribution in [0, 0.1) is 0 Å². The fourth-order valence-corrected chi connectivity index (χ4v) is 8.80. The summed E-state index contributed by atoms with van der Waals surface area (Å²) in [5.41, 5.74) is 16.3. The molecule has 2 heterocycles. The van der Waals surface area contributed by atoms with E-state index in [2.05, 4.69) is 149 Å². The molecule has 0 saturated heterocycles. The predicted molar refractivity (Wildman–Crippen MR) is 202 cm³/mol. The molecule has 4 nitrogen and oxygen atoms in total. The maximum absolute atomic E-state index is 5.72. The number of rotatable bonds is 4. The van der Waals surface area contributed by atoms with Crippen LogP contribution in [0.2, 0.25) is 0 Å². The van der Waals surface area contributed by atoms with Gasteiger partial charge in [0.15, 0.2) is 0 Å². The number of fused-ring (bicyclic) bond motifs is 12. The normalized spacial score (nSPS) is 13.3. The third-order valence-electron chi connectivity index (χ3n) is 10.8. The second kappa shape index (κ2) is 10.6. The van der Waals surface area contributed by atoms with Crippen LogP contribution in [-0.4, -0.2) is 9.97 Å². The number of benzene rings is 7. The molecule has 0 bridgehead atoms. The van der Waals surface area contributed by atoms with Gasteiger partial charge in [0.1, 0.15) is 12.5 Å². The topological polar surface area (TPSA) is 52.1 Å². The Labute approximate surface area is 294 Å². The first kappa shape index (κ1) is 28.1. The highest BCUT2D eigenvalue weighted by Crippen LogP contribution is 2.64. The molecule has 7 aromatic carbocycles. The quantitative estimate of drug-likeness (QED) is 0.190. The summed E-state index contributed by atoms with van der Waals surface area (Å²) in [6.45, 7) is 0. The van der Waals surface area contributed by atoms with E-state index in [1.807, 2.05) is 6.07 Å². The van der Waals surface area contributed by atoms with Crippen molar-refractivity contribution in [1.29, 1.82) is 0 Å². The molecular weight excluding hydrogens is 625 g/mol. The van der Waals surface area contributed by atoms with Crippen molar-refractivity contribution >= 4 is 10.8 Å². The van der Waals surface area contributed by atoms with Crippen LogP contribution >= 0.6 is 0 Å². The van der Waals surface area contributed by atoms with Crippen molar-refractivity contribution < 1.29 is 8.83 Å². The summed E-state index contributed by atoms with van der Waals surface area (Å²) >= 11 is 0. The van der Waals surface area contributed by atoms with Crippen molar-refractivity contribution in [3.05, 3.63) is 193 Å². The maximum Gasteiger partial charge on any atom is 0.225 e. The van der Waals surface area contributed by atoms with Gasteiger partial charge in [-0.1, -0.05) is 109 Å². The van der Waals surface area contributed by atoms with Gasteiger partial charge in [0.2, 0.25) is 11.8 Å². The molecule has 9 aromatic rings. The Morgan fingerprint density at radius 1 is 0.373 bits per heavy atom. The molecule has 0 amide bonds. The zero-order chi connectivity index (χ0) is 33.5. The Bertz CT molecular complexity index is 2770. The van der Waals surface area contributed by atoms with E-state index in [1.165, 1.54) is 60.8 Å². The van der Waals surface area contributed by atoms with E-state index in [1.54, 1.807) is 24.9 Å². The van der Waals surface area contributed by atoms with Crippen molar-refractivity contribution in [3.8, 4) is 67.4 Å². The monoisotopic (exact) mass is 652 g/mol. The van der Waals surface area contributed by atoms with Crippen LogP contribution < -0.4 is 0 Å². The van der Waals surface area contributed by atoms with Crippen molar-refractivity contribution in [2.24, 2.45) is 0 Å². The van der Waals surface area contributed by atoms with E-state index in [9.17, 15) is 0 Å². The van der Waals surface area contributed by atoms with E-state index in [0.29, 0.717) is 11.8 Å². The number of nitrogens with zero attached hydrogens (tertiary/aromatic N) is 2. The maximum atomic E-state index is 5.72. The third kappa shape index (κ3) is 3.90. The summed E-state index contributed by atoms with van der Waals surface area (Å²) in [4.78, 5) is 8.87. The number of oxazole rings is 2. The third-order valence-corrected chi connectivity index (χ3v) is 10.8. The van der Waals surface area contributed by atoms with Gasteiger partial charge in [0, 0.05) is 11.1 Å². The summed E-state index contributed by atoms with van der Waals surface area (Å²) in [6, 6.07) is 53.3. The average Bonchev–Trinajstić information content (AvgIpc) is 4.02. The first-order valence-electron chi connectivity index (χ1n) is 17.2. The molecule has 2 aliphatic carbocycles. The molecule has 0 fully saturated rings. The van der Waals surface area contributed by atoms with Gasteiger partial charge in [0.05, 0.1) is 17.8 Å². The summed E-state index contributed by atoms with van der Waals surface area (Å²) in [5, 5.41) is 2.45. The van der Waals surface area contributed by atoms with Crippen LogP contribution in [0.5, 0.6) is 0 Å². The second-order valence-corrected chi connectivity index (χ2v) is 13.3. The molecule has 0 aliphatic heterocycles. The second-order valence-electron chi connectivity index (χ2n) is 13.3. The summed E-state index contributed by atoms with van der Waals surface area (Å²) in [7, 11) is 0. The molecule has 0 radical (unpaired) electrons. The van der Waals surface area contributed by atoms with Gasteiger partial charge in [-0.15, -0.1) is 0 Å². The number of hydrogen-bond donors (Lipinski definition) is 0. The molecule has 2 aliphatic rings. The highest BCUT2D eigenvalue weighted by Gasteiger charge is 2.52. The standard InChI is InChI=1S/C47H28N2O2/c1-2-16-37-34(13-1)39(31-10-8-12-33(26-31)46-49-22-24-51-46)28-43-44(37)38-20-19-30(29-9-7-11-32(25-29)45-48-21-23-50-45)27-42(38)47(43)40-17-5-3-14-35(40)36-15-4-6-18-41(36)47/h1-28H. The van der Waals surface area contributed by atoms with Crippen LogP contribution in [0.3, 0.4) is 0 Å². The number of hydrogen-bond acceptors (Lipinski definition) is 4. The van der Waals surface area contributed by atoms with E-state index in [-0.39, 0.29) is 0 Å². The minimum atomic E-state index is -0.521. The molecule has 0 unspecified atom stereocenters. The van der Waals surface area contributed by atoms with Gasteiger partial charge in [-0.05, 0) is 114 Å². The van der Waals surface area contributed by atoms with Crippen LogP contribution in [-0.2, 0) is 5.41 Å². The van der Waals surface area contributed by atoms with Gasteiger partial charge in [-0.3, -0.25) is 0 Å². The Balaban J connectivity index is 1.23. The molecule has 4 heteroatoms. The lowest BCUT2D eigenvalue weighted by Crippen LogP contribution is -2.26. The fourth-order valence-electron chi connectivity index (χ4n) is 8.80. The Kier molecular flexibility index (Phi) is 5.84.